The van der Waals surface area contributed by atoms with Gasteiger partial charge in [-0.05, 0) is 43.4 Å². The third kappa shape index (κ3) is 3.04. The molecule has 0 unspecified atom stereocenters. The Labute approximate surface area is 148 Å². The van der Waals surface area contributed by atoms with Crippen molar-refractivity contribution in [3.05, 3.63) is 29.8 Å². The highest BCUT2D eigenvalue weighted by Crippen LogP contribution is 2.49. The number of hydrogen-bond acceptors (Lipinski definition) is 4. The molecule has 2 aliphatic heterocycles. The first-order valence-corrected chi connectivity index (χ1v) is 11.0. The fraction of sp³-hybridized carbons (Fsp3) is 0.611. The van der Waals surface area contributed by atoms with Crippen molar-refractivity contribution in [2.24, 2.45) is 5.73 Å². The second-order valence-electron chi connectivity index (χ2n) is 7.86. The molecule has 6 nitrogen and oxygen atoms in total. The first-order chi connectivity index (χ1) is 11.8. The predicted octanol–water partition coefficient (Wildman–Crippen LogP) is 1.49. The van der Waals surface area contributed by atoms with Gasteiger partial charge < -0.3 is 10.6 Å². The highest BCUT2D eigenvalue weighted by Gasteiger charge is 2.47. The Morgan fingerprint density at radius 3 is 2.48 bits per heavy atom. The van der Waals surface area contributed by atoms with Gasteiger partial charge in [0.05, 0.1) is 11.8 Å². The summed E-state index contributed by atoms with van der Waals surface area (Å²) in [5.74, 6) is 0.201. The molecular formula is C18H25N3O3S. The molecule has 2 amide bonds. The van der Waals surface area contributed by atoms with Crippen molar-refractivity contribution >= 4 is 21.6 Å². The molecule has 0 aromatic heterocycles. The summed E-state index contributed by atoms with van der Waals surface area (Å²) in [6.07, 6.45) is 5.04. The highest BCUT2D eigenvalue weighted by molar-refractivity contribution is 7.90. The van der Waals surface area contributed by atoms with E-state index >= 15 is 0 Å². The van der Waals surface area contributed by atoms with E-state index < -0.39 is 9.84 Å². The molecule has 1 aromatic rings. The lowest BCUT2D eigenvalue weighted by molar-refractivity contribution is 0.175. The van der Waals surface area contributed by atoms with Gasteiger partial charge in [0.1, 0.15) is 9.84 Å². The standard InChI is InChI=1S/C18H25N3O3S/c1-25(23,24)12-18(8-9-18)13-4-6-14(7-5-13)21-11-16-15(19)3-2-10-20(16)17(21)22/h4-7,15-16H,2-3,8-12,19H2,1H3/t15-,16+/m0/s1. The molecule has 136 valence electrons. The number of carbonyl (C=O) groups is 1. The molecule has 25 heavy (non-hydrogen) atoms. The highest BCUT2D eigenvalue weighted by atomic mass is 32.2. The second kappa shape index (κ2) is 5.71. The van der Waals surface area contributed by atoms with Crippen LogP contribution in [0.1, 0.15) is 31.2 Å². The number of nitrogens with two attached hydrogens (primary N) is 1. The van der Waals surface area contributed by atoms with Crippen LogP contribution in [0.25, 0.3) is 0 Å². The van der Waals surface area contributed by atoms with Gasteiger partial charge >= 0.3 is 6.03 Å². The van der Waals surface area contributed by atoms with Crippen LogP contribution in [0.2, 0.25) is 0 Å². The summed E-state index contributed by atoms with van der Waals surface area (Å²) < 4.78 is 23.4. The fourth-order valence-electron chi connectivity index (χ4n) is 4.36. The number of amides is 2. The predicted molar refractivity (Wildman–Crippen MR) is 97.5 cm³/mol. The quantitative estimate of drug-likeness (QED) is 0.878. The van der Waals surface area contributed by atoms with Gasteiger partial charge in [0.15, 0.2) is 0 Å². The summed E-state index contributed by atoms with van der Waals surface area (Å²) in [5, 5.41) is 0. The molecule has 3 aliphatic rings. The van der Waals surface area contributed by atoms with Crippen molar-refractivity contribution in [3.8, 4) is 0 Å². The second-order valence-corrected chi connectivity index (χ2v) is 10.00. The largest absolute Gasteiger partial charge is 0.326 e. The Bertz CT molecular complexity index is 786. The van der Waals surface area contributed by atoms with Crippen molar-refractivity contribution < 1.29 is 13.2 Å². The molecule has 2 N–H and O–H groups in total. The molecule has 7 heteroatoms. The van der Waals surface area contributed by atoms with Gasteiger partial charge in [-0.3, -0.25) is 4.90 Å². The molecule has 0 bridgehead atoms. The lowest BCUT2D eigenvalue weighted by atomic mass is 9.97. The van der Waals surface area contributed by atoms with E-state index in [4.69, 9.17) is 5.73 Å². The minimum Gasteiger partial charge on any atom is -0.326 e. The van der Waals surface area contributed by atoms with Crippen LogP contribution in [0.15, 0.2) is 24.3 Å². The molecule has 3 fully saturated rings. The summed E-state index contributed by atoms with van der Waals surface area (Å²) in [6.45, 7) is 1.41. The number of urea groups is 1. The Kier molecular flexibility index (Phi) is 3.85. The van der Waals surface area contributed by atoms with Gasteiger partial charge in [-0.2, -0.15) is 0 Å². The molecule has 1 aromatic carbocycles. The number of carbonyl (C=O) groups excluding carboxylic acids is 1. The van der Waals surface area contributed by atoms with Crippen LogP contribution < -0.4 is 10.6 Å². The lowest BCUT2D eigenvalue weighted by Crippen LogP contribution is -2.50. The van der Waals surface area contributed by atoms with Crippen molar-refractivity contribution in [1.82, 2.24) is 4.90 Å². The van der Waals surface area contributed by atoms with Crippen LogP contribution in [-0.2, 0) is 15.3 Å². The van der Waals surface area contributed by atoms with Crippen LogP contribution in [0.5, 0.6) is 0 Å². The normalized spacial score (nSPS) is 28.2. The first kappa shape index (κ1) is 16.8. The maximum absolute atomic E-state index is 12.7. The van der Waals surface area contributed by atoms with Gasteiger partial charge in [0.2, 0.25) is 0 Å². The molecule has 0 spiro atoms. The van der Waals surface area contributed by atoms with Gasteiger partial charge in [0.25, 0.3) is 0 Å². The summed E-state index contributed by atoms with van der Waals surface area (Å²) in [4.78, 5) is 16.4. The third-order valence-corrected chi connectivity index (χ3v) is 6.94. The SMILES string of the molecule is CS(=O)(=O)CC1(c2ccc(N3C[C@@H]4[C@@H](N)CCCN4C3=O)cc2)CC1. The summed E-state index contributed by atoms with van der Waals surface area (Å²) in [5.41, 5.74) is 7.90. The van der Waals surface area contributed by atoms with Crippen molar-refractivity contribution in [1.29, 1.82) is 0 Å². The third-order valence-electron chi connectivity index (χ3n) is 5.86. The van der Waals surface area contributed by atoms with Crippen LogP contribution >= 0.6 is 0 Å². The molecular weight excluding hydrogens is 338 g/mol. The molecule has 1 saturated carbocycles. The summed E-state index contributed by atoms with van der Waals surface area (Å²) >= 11 is 0. The molecule has 1 aliphatic carbocycles. The minimum absolute atomic E-state index is 0.0326. The molecule has 2 heterocycles. The summed E-state index contributed by atoms with van der Waals surface area (Å²) in [6, 6.07) is 8.03. The Morgan fingerprint density at radius 2 is 1.92 bits per heavy atom. The number of piperidine rings is 1. The van der Waals surface area contributed by atoms with Gasteiger partial charge in [-0.1, -0.05) is 12.1 Å². The maximum Gasteiger partial charge on any atom is 0.324 e. The summed E-state index contributed by atoms with van der Waals surface area (Å²) in [7, 11) is -3.01. The zero-order chi connectivity index (χ0) is 17.8. The average Bonchev–Trinajstić information content (AvgIpc) is 3.23. The number of rotatable bonds is 4. The minimum atomic E-state index is -3.01. The van der Waals surface area contributed by atoms with E-state index in [9.17, 15) is 13.2 Å². The molecule has 2 saturated heterocycles. The van der Waals surface area contributed by atoms with Gasteiger partial charge in [-0.25, -0.2) is 13.2 Å². The van der Waals surface area contributed by atoms with Crippen molar-refractivity contribution in [2.75, 3.05) is 30.0 Å². The topological polar surface area (TPSA) is 83.7 Å². The van der Waals surface area contributed by atoms with E-state index in [0.29, 0.717) is 6.54 Å². The molecule has 2 atom stereocenters. The maximum atomic E-state index is 12.7. The number of sulfone groups is 1. The molecule has 0 radical (unpaired) electrons. The van der Waals surface area contributed by atoms with Crippen LogP contribution in [-0.4, -0.2) is 56.5 Å². The van der Waals surface area contributed by atoms with E-state index in [-0.39, 0.29) is 29.3 Å². The van der Waals surface area contributed by atoms with E-state index in [0.717, 1.165) is 43.5 Å². The Hall–Kier alpha value is -1.60. The monoisotopic (exact) mass is 363 g/mol. The molecule has 4 rings (SSSR count). The van der Waals surface area contributed by atoms with E-state index in [1.807, 2.05) is 29.2 Å². The Morgan fingerprint density at radius 1 is 1.24 bits per heavy atom. The first-order valence-electron chi connectivity index (χ1n) is 8.91. The van der Waals surface area contributed by atoms with Gasteiger partial charge in [0, 0.05) is 36.5 Å². The zero-order valence-electron chi connectivity index (χ0n) is 14.5. The van der Waals surface area contributed by atoms with Crippen LogP contribution in [0.4, 0.5) is 10.5 Å². The zero-order valence-corrected chi connectivity index (χ0v) is 15.3. The number of benzene rings is 1. The van der Waals surface area contributed by atoms with Gasteiger partial charge in [-0.15, -0.1) is 0 Å². The van der Waals surface area contributed by atoms with E-state index in [1.165, 1.54) is 6.26 Å². The number of hydrogen-bond donors (Lipinski definition) is 1. The number of fused-ring (bicyclic) bond motifs is 1. The van der Waals surface area contributed by atoms with Crippen molar-refractivity contribution in [3.63, 3.8) is 0 Å². The van der Waals surface area contributed by atoms with Crippen LogP contribution in [0, 0.1) is 0 Å². The lowest BCUT2D eigenvalue weighted by Gasteiger charge is -2.32. The smallest absolute Gasteiger partial charge is 0.324 e. The fourth-order valence-corrected chi connectivity index (χ4v) is 5.82. The van der Waals surface area contributed by atoms with Crippen molar-refractivity contribution in [2.45, 2.75) is 43.2 Å². The van der Waals surface area contributed by atoms with Crippen LogP contribution in [0.3, 0.4) is 0 Å². The number of anilines is 1. The average molecular weight is 363 g/mol. The van der Waals surface area contributed by atoms with E-state index in [2.05, 4.69) is 0 Å². The van der Waals surface area contributed by atoms with E-state index in [1.54, 1.807) is 4.90 Å². The Balaban J connectivity index is 1.54. The number of nitrogens with zero attached hydrogens (tertiary/aromatic N) is 2.